The van der Waals surface area contributed by atoms with Crippen molar-refractivity contribution in [1.29, 1.82) is 5.26 Å². The molecule has 0 aliphatic heterocycles. The Morgan fingerprint density at radius 1 is 1.32 bits per heavy atom. The van der Waals surface area contributed by atoms with Gasteiger partial charge in [-0.1, -0.05) is 32.9 Å². The van der Waals surface area contributed by atoms with E-state index in [1.54, 1.807) is 26.8 Å². The van der Waals surface area contributed by atoms with Crippen LogP contribution in [0.15, 0.2) is 29.8 Å². The lowest BCUT2D eigenvalue weighted by Gasteiger charge is -2.15. The van der Waals surface area contributed by atoms with E-state index in [4.69, 9.17) is 10.00 Å². The lowest BCUT2D eigenvalue weighted by atomic mass is 9.86. The first-order valence-corrected chi connectivity index (χ1v) is 6.28. The van der Waals surface area contributed by atoms with Crippen molar-refractivity contribution in [3.63, 3.8) is 0 Å². The number of nitriles is 1. The molecule has 0 fully saturated rings. The van der Waals surface area contributed by atoms with Crippen LogP contribution >= 0.6 is 0 Å². The lowest BCUT2D eigenvalue weighted by molar-refractivity contribution is -0.121. The smallest absolute Gasteiger partial charge is 0.178 e. The van der Waals surface area contributed by atoms with E-state index in [1.165, 1.54) is 0 Å². The fourth-order valence-corrected chi connectivity index (χ4v) is 1.55. The SMILES string of the molecule is CCOc1ccc(/C=C(/C#N)C(=O)C(C)(C)C)cc1. The van der Waals surface area contributed by atoms with Crippen molar-refractivity contribution in [2.45, 2.75) is 27.7 Å². The van der Waals surface area contributed by atoms with Crippen LogP contribution in [0, 0.1) is 16.7 Å². The third kappa shape index (κ3) is 4.26. The van der Waals surface area contributed by atoms with Crippen molar-refractivity contribution in [1.82, 2.24) is 0 Å². The Balaban J connectivity index is 2.99. The van der Waals surface area contributed by atoms with Gasteiger partial charge in [-0.15, -0.1) is 0 Å². The van der Waals surface area contributed by atoms with Gasteiger partial charge in [-0.3, -0.25) is 4.79 Å². The number of ether oxygens (including phenoxy) is 1. The summed E-state index contributed by atoms with van der Waals surface area (Å²) in [7, 11) is 0. The predicted octanol–water partition coefficient (Wildman–Crippen LogP) is 3.61. The van der Waals surface area contributed by atoms with Crippen molar-refractivity contribution >= 4 is 11.9 Å². The number of hydrogen-bond acceptors (Lipinski definition) is 3. The van der Waals surface area contributed by atoms with Gasteiger partial charge in [0, 0.05) is 5.41 Å². The van der Waals surface area contributed by atoms with Gasteiger partial charge in [-0.25, -0.2) is 0 Å². The van der Waals surface area contributed by atoms with Crippen molar-refractivity contribution < 1.29 is 9.53 Å². The molecule has 3 nitrogen and oxygen atoms in total. The number of rotatable bonds is 4. The highest BCUT2D eigenvalue weighted by molar-refractivity contribution is 6.06. The number of hydrogen-bond donors (Lipinski definition) is 0. The van der Waals surface area contributed by atoms with Gasteiger partial charge in [0.1, 0.15) is 11.8 Å². The number of Topliss-reactive ketones (excluding diaryl/α,β-unsaturated/α-hetero) is 1. The summed E-state index contributed by atoms with van der Waals surface area (Å²) in [4.78, 5) is 12.1. The van der Waals surface area contributed by atoms with E-state index >= 15 is 0 Å². The second-order valence-corrected chi connectivity index (χ2v) is 5.25. The third-order valence-electron chi connectivity index (χ3n) is 2.55. The summed E-state index contributed by atoms with van der Waals surface area (Å²) in [5.74, 6) is 0.629. The average molecular weight is 257 g/mol. The minimum absolute atomic E-state index is 0.149. The minimum atomic E-state index is -0.549. The topological polar surface area (TPSA) is 50.1 Å². The summed E-state index contributed by atoms with van der Waals surface area (Å²) in [6.07, 6.45) is 1.61. The maximum atomic E-state index is 12.1. The molecule has 0 unspecified atom stereocenters. The van der Waals surface area contributed by atoms with Gasteiger partial charge >= 0.3 is 0 Å². The molecule has 0 spiro atoms. The van der Waals surface area contributed by atoms with Crippen LogP contribution < -0.4 is 4.74 Å². The van der Waals surface area contributed by atoms with E-state index in [2.05, 4.69) is 0 Å². The number of benzene rings is 1. The highest BCUT2D eigenvalue weighted by Gasteiger charge is 2.24. The number of nitrogens with zero attached hydrogens (tertiary/aromatic N) is 1. The molecule has 0 bridgehead atoms. The van der Waals surface area contributed by atoms with Crippen LogP contribution in [-0.4, -0.2) is 12.4 Å². The van der Waals surface area contributed by atoms with Crippen LogP contribution in [-0.2, 0) is 4.79 Å². The molecule has 0 amide bonds. The summed E-state index contributed by atoms with van der Waals surface area (Å²) >= 11 is 0. The highest BCUT2D eigenvalue weighted by Crippen LogP contribution is 2.22. The number of carbonyl (C=O) groups is 1. The quantitative estimate of drug-likeness (QED) is 0.611. The van der Waals surface area contributed by atoms with Crippen molar-refractivity contribution in [2.24, 2.45) is 5.41 Å². The molecule has 0 heterocycles. The summed E-state index contributed by atoms with van der Waals surface area (Å²) in [5.41, 5.74) is 0.446. The molecule has 0 atom stereocenters. The first-order chi connectivity index (χ1) is 8.88. The Morgan fingerprint density at radius 3 is 2.32 bits per heavy atom. The standard InChI is InChI=1S/C16H19NO2/c1-5-19-14-8-6-12(7-9-14)10-13(11-17)15(18)16(2,3)4/h6-10H,5H2,1-4H3/b13-10-. The van der Waals surface area contributed by atoms with Crippen LogP contribution in [0.2, 0.25) is 0 Å². The van der Waals surface area contributed by atoms with E-state index in [-0.39, 0.29) is 11.4 Å². The Bertz CT molecular complexity index is 513. The van der Waals surface area contributed by atoms with Gasteiger partial charge < -0.3 is 4.74 Å². The van der Waals surface area contributed by atoms with Gasteiger partial charge in [-0.05, 0) is 30.7 Å². The van der Waals surface area contributed by atoms with Crippen molar-refractivity contribution in [3.05, 3.63) is 35.4 Å². The molecule has 19 heavy (non-hydrogen) atoms. The normalized spacial score (nSPS) is 11.8. The molecule has 1 aromatic rings. The molecular formula is C16H19NO2. The molecule has 0 aromatic heterocycles. The van der Waals surface area contributed by atoms with Crippen molar-refractivity contribution in [3.8, 4) is 11.8 Å². The number of carbonyl (C=O) groups excluding carboxylic acids is 1. The second-order valence-electron chi connectivity index (χ2n) is 5.25. The van der Waals surface area contributed by atoms with E-state index < -0.39 is 5.41 Å². The molecule has 0 aliphatic rings. The van der Waals surface area contributed by atoms with E-state index in [0.29, 0.717) is 6.61 Å². The van der Waals surface area contributed by atoms with Gasteiger partial charge in [0.05, 0.1) is 12.2 Å². The maximum absolute atomic E-state index is 12.1. The molecule has 0 saturated carbocycles. The van der Waals surface area contributed by atoms with Gasteiger partial charge in [0.25, 0.3) is 0 Å². The Labute approximate surface area is 114 Å². The average Bonchev–Trinajstić information content (AvgIpc) is 2.36. The summed E-state index contributed by atoms with van der Waals surface area (Å²) in [6, 6.07) is 9.29. The van der Waals surface area contributed by atoms with Crippen LogP contribution in [0.3, 0.4) is 0 Å². The van der Waals surface area contributed by atoms with Crippen molar-refractivity contribution in [2.75, 3.05) is 6.61 Å². The summed E-state index contributed by atoms with van der Waals surface area (Å²) in [6.45, 7) is 7.95. The Kier molecular flexibility index (Phi) is 4.88. The largest absolute Gasteiger partial charge is 0.494 e. The second kappa shape index (κ2) is 6.19. The third-order valence-corrected chi connectivity index (χ3v) is 2.55. The molecule has 1 aromatic carbocycles. The van der Waals surface area contributed by atoms with Gasteiger partial charge in [0.2, 0.25) is 0 Å². The fraction of sp³-hybridized carbons (Fsp3) is 0.375. The monoisotopic (exact) mass is 257 g/mol. The number of ketones is 1. The summed E-state index contributed by atoms with van der Waals surface area (Å²) < 4.78 is 5.34. The first-order valence-electron chi connectivity index (χ1n) is 6.28. The van der Waals surface area contributed by atoms with Gasteiger partial charge in [0.15, 0.2) is 5.78 Å². The van der Waals surface area contributed by atoms with E-state index in [1.807, 2.05) is 37.3 Å². The van der Waals surface area contributed by atoms with E-state index in [0.717, 1.165) is 11.3 Å². The molecule has 0 saturated heterocycles. The van der Waals surface area contributed by atoms with Gasteiger partial charge in [-0.2, -0.15) is 5.26 Å². The molecule has 0 radical (unpaired) electrons. The molecule has 100 valence electrons. The molecule has 3 heteroatoms. The zero-order chi connectivity index (χ0) is 14.5. The van der Waals surface area contributed by atoms with Crippen LogP contribution in [0.4, 0.5) is 0 Å². The highest BCUT2D eigenvalue weighted by atomic mass is 16.5. The zero-order valence-electron chi connectivity index (χ0n) is 11.9. The summed E-state index contributed by atoms with van der Waals surface area (Å²) in [5, 5.41) is 9.10. The lowest BCUT2D eigenvalue weighted by Crippen LogP contribution is -2.21. The van der Waals surface area contributed by atoms with Crippen LogP contribution in [0.1, 0.15) is 33.3 Å². The van der Waals surface area contributed by atoms with Crippen LogP contribution in [0.5, 0.6) is 5.75 Å². The molecule has 0 aliphatic carbocycles. The zero-order valence-corrected chi connectivity index (χ0v) is 11.9. The minimum Gasteiger partial charge on any atom is -0.494 e. The molecular weight excluding hydrogens is 238 g/mol. The van der Waals surface area contributed by atoms with Crippen LogP contribution in [0.25, 0.3) is 6.08 Å². The Hall–Kier alpha value is -2.08. The predicted molar refractivity (Wildman–Crippen MR) is 75.7 cm³/mol. The molecule has 0 N–H and O–H groups in total. The number of allylic oxidation sites excluding steroid dienone is 1. The fourth-order valence-electron chi connectivity index (χ4n) is 1.55. The first kappa shape index (κ1) is 15.0. The molecule has 1 rings (SSSR count). The van der Waals surface area contributed by atoms with E-state index in [9.17, 15) is 4.79 Å². The Morgan fingerprint density at radius 2 is 1.89 bits per heavy atom. The maximum Gasteiger partial charge on any atom is 0.178 e.